The standard InChI is InChI=1S/C21H24F2N4O4/c1-12-5-24-18-9-26-8-14(10-31-11-17(28)19(26)21(30)27(18)7-12)20(29)25-6-13-2-3-15(22)4-16(13)23/h2-4,8,12,18,24,28H,5-7,9-11H2,1H3,(H,25,29)/b14-8+,19-17+/t12-,18?/m0/s1. The maximum Gasteiger partial charge on any atom is 0.275 e. The second-order valence-corrected chi connectivity index (χ2v) is 8.00. The molecule has 1 unspecified atom stereocenters. The zero-order valence-corrected chi connectivity index (χ0v) is 17.0. The summed E-state index contributed by atoms with van der Waals surface area (Å²) >= 11 is 0. The molecule has 2 amide bonds. The van der Waals surface area contributed by atoms with Crippen molar-refractivity contribution in [2.24, 2.45) is 5.92 Å². The van der Waals surface area contributed by atoms with Gasteiger partial charge < -0.3 is 25.0 Å². The van der Waals surface area contributed by atoms with Gasteiger partial charge in [-0.25, -0.2) is 8.78 Å². The summed E-state index contributed by atoms with van der Waals surface area (Å²) in [5.41, 5.74) is 0.448. The molecule has 0 aromatic heterocycles. The van der Waals surface area contributed by atoms with E-state index < -0.39 is 17.5 Å². The van der Waals surface area contributed by atoms with Gasteiger partial charge in [-0.2, -0.15) is 0 Å². The van der Waals surface area contributed by atoms with Crippen LogP contribution < -0.4 is 10.6 Å². The summed E-state index contributed by atoms with van der Waals surface area (Å²) < 4.78 is 32.3. The largest absolute Gasteiger partial charge is 0.507 e. The molecule has 0 spiro atoms. The van der Waals surface area contributed by atoms with Crippen LogP contribution in [0.1, 0.15) is 12.5 Å². The Morgan fingerprint density at radius 2 is 2.13 bits per heavy atom. The van der Waals surface area contributed by atoms with Gasteiger partial charge in [0.25, 0.3) is 11.8 Å². The average Bonchev–Trinajstić information content (AvgIpc) is 2.71. The molecule has 3 aliphatic rings. The average molecular weight is 434 g/mol. The van der Waals surface area contributed by atoms with Crippen molar-refractivity contribution < 1.29 is 28.2 Å². The number of amides is 2. The van der Waals surface area contributed by atoms with Gasteiger partial charge in [0.15, 0.2) is 0 Å². The first-order chi connectivity index (χ1) is 14.8. The van der Waals surface area contributed by atoms with E-state index in [0.717, 1.165) is 18.7 Å². The summed E-state index contributed by atoms with van der Waals surface area (Å²) in [6, 6.07) is 3.13. The van der Waals surface area contributed by atoms with E-state index in [1.165, 1.54) is 12.3 Å². The smallest absolute Gasteiger partial charge is 0.275 e. The predicted molar refractivity (Wildman–Crippen MR) is 106 cm³/mol. The Labute approximate surface area is 178 Å². The summed E-state index contributed by atoms with van der Waals surface area (Å²) in [5, 5.41) is 16.3. The van der Waals surface area contributed by atoms with E-state index in [4.69, 9.17) is 4.74 Å². The molecule has 4 rings (SSSR count). The fourth-order valence-electron chi connectivity index (χ4n) is 3.94. The number of hydrogen-bond donors (Lipinski definition) is 3. The molecule has 166 valence electrons. The van der Waals surface area contributed by atoms with Crippen LogP contribution in [0.2, 0.25) is 0 Å². The molecule has 2 saturated heterocycles. The third kappa shape index (κ3) is 4.40. The third-order valence-electron chi connectivity index (χ3n) is 5.53. The highest BCUT2D eigenvalue weighted by Gasteiger charge is 2.41. The van der Waals surface area contributed by atoms with Gasteiger partial charge in [-0.3, -0.25) is 14.9 Å². The summed E-state index contributed by atoms with van der Waals surface area (Å²) in [7, 11) is 0. The molecular formula is C21H24F2N4O4. The molecule has 1 aromatic rings. The number of nitrogens with zero attached hydrogens (tertiary/aromatic N) is 2. The summed E-state index contributed by atoms with van der Waals surface area (Å²) in [6.45, 7) is 3.28. The van der Waals surface area contributed by atoms with E-state index in [0.29, 0.717) is 13.1 Å². The van der Waals surface area contributed by atoms with Crippen LogP contribution in [0.3, 0.4) is 0 Å². The molecule has 3 heterocycles. The Bertz CT molecular complexity index is 965. The van der Waals surface area contributed by atoms with Crippen molar-refractivity contribution in [2.45, 2.75) is 19.6 Å². The lowest BCUT2D eigenvalue weighted by atomic mass is 10.0. The molecule has 3 N–H and O–H groups in total. The quantitative estimate of drug-likeness (QED) is 0.657. The number of nitrogens with one attached hydrogen (secondary N) is 2. The molecular weight excluding hydrogens is 410 g/mol. The molecule has 0 radical (unpaired) electrons. The van der Waals surface area contributed by atoms with E-state index in [-0.39, 0.29) is 60.3 Å². The Morgan fingerprint density at radius 1 is 1.32 bits per heavy atom. The zero-order chi connectivity index (χ0) is 22.1. The molecule has 10 heteroatoms. The Balaban J connectivity index is 1.53. The topological polar surface area (TPSA) is 94.1 Å². The number of aliphatic hydroxyl groups excluding tert-OH is 1. The highest BCUT2D eigenvalue weighted by molar-refractivity contribution is 5.96. The predicted octanol–water partition coefficient (Wildman–Crippen LogP) is 0.974. The van der Waals surface area contributed by atoms with Crippen molar-refractivity contribution in [1.82, 2.24) is 20.4 Å². The fraction of sp³-hybridized carbons (Fsp3) is 0.429. The number of halogens is 2. The van der Waals surface area contributed by atoms with Crippen LogP contribution in [0.4, 0.5) is 8.78 Å². The van der Waals surface area contributed by atoms with Gasteiger partial charge in [-0.05, 0) is 12.0 Å². The third-order valence-corrected chi connectivity index (χ3v) is 5.53. The first kappa shape index (κ1) is 21.3. The number of ether oxygens (including phenoxy) is 1. The zero-order valence-electron chi connectivity index (χ0n) is 17.0. The minimum atomic E-state index is -0.752. The number of rotatable bonds is 3. The second kappa shape index (κ2) is 8.64. The van der Waals surface area contributed by atoms with Crippen LogP contribution >= 0.6 is 0 Å². The minimum Gasteiger partial charge on any atom is -0.507 e. The molecule has 0 saturated carbocycles. The molecule has 0 aliphatic carbocycles. The van der Waals surface area contributed by atoms with E-state index in [9.17, 15) is 23.5 Å². The first-order valence-corrected chi connectivity index (χ1v) is 10.1. The van der Waals surface area contributed by atoms with E-state index in [1.54, 1.807) is 9.80 Å². The summed E-state index contributed by atoms with van der Waals surface area (Å²) in [4.78, 5) is 29.0. The molecule has 3 aliphatic heterocycles. The van der Waals surface area contributed by atoms with Crippen LogP contribution in [-0.4, -0.2) is 65.7 Å². The maximum absolute atomic E-state index is 13.8. The molecule has 8 nitrogen and oxygen atoms in total. The van der Waals surface area contributed by atoms with Gasteiger partial charge in [0.05, 0.1) is 18.7 Å². The molecule has 2 atom stereocenters. The number of aliphatic hydroxyl groups is 1. The van der Waals surface area contributed by atoms with Crippen molar-refractivity contribution in [1.29, 1.82) is 0 Å². The summed E-state index contributed by atoms with van der Waals surface area (Å²) in [6.07, 6.45) is 1.24. The number of carbonyl (C=O) groups is 2. The highest BCUT2D eigenvalue weighted by atomic mass is 19.1. The van der Waals surface area contributed by atoms with Gasteiger partial charge in [-0.15, -0.1) is 0 Å². The monoisotopic (exact) mass is 434 g/mol. The molecule has 31 heavy (non-hydrogen) atoms. The maximum atomic E-state index is 13.8. The first-order valence-electron chi connectivity index (χ1n) is 10.1. The fourth-order valence-corrected chi connectivity index (χ4v) is 3.94. The minimum absolute atomic E-state index is 0.0849. The lowest BCUT2D eigenvalue weighted by Crippen LogP contribution is -2.64. The van der Waals surface area contributed by atoms with Crippen LogP contribution in [0.25, 0.3) is 0 Å². The van der Waals surface area contributed by atoms with Gasteiger partial charge in [0, 0.05) is 37.5 Å². The highest BCUT2D eigenvalue weighted by Crippen LogP contribution is 2.26. The van der Waals surface area contributed by atoms with Crippen LogP contribution in [0.5, 0.6) is 0 Å². The Hall–Kier alpha value is -2.98. The van der Waals surface area contributed by atoms with Crippen molar-refractivity contribution in [2.75, 3.05) is 32.8 Å². The van der Waals surface area contributed by atoms with E-state index in [1.807, 2.05) is 6.92 Å². The van der Waals surface area contributed by atoms with Gasteiger partial charge in [0.2, 0.25) is 0 Å². The van der Waals surface area contributed by atoms with Crippen LogP contribution in [-0.2, 0) is 20.9 Å². The second-order valence-electron chi connectivity index (χ2n) is 8.00. The molecule has 0 bridgehead atoms. The Morgan fingerprint density at radius 3 is 2.90 bits per heavy atom. The van der Waals surface area contributed by atoms with Crippen LogP contribution in [0.15, 0.2) is 41.4 Å². The normalized spacial score (nSPS) is 28.1. The Kier molecular flexibility index (Phi) is 5.92. The number of benzene rings is 1. The molecule has 1 aromatic carbocycles. The lowest BCUT2D eigenvalue weighted by molar-refractivity contribution is -0.138. The summed E-state index contributed by atoms with van der Waals surface area (Å²) in [5.74, 6) is -2.20. The number of piperazine rings is 1. The van der Waals surface area contributed by atoms with Crippen molar-refractivity contribution in [3.63, 3.8) is 0 Å². The van der Waals surface area contributed by atoms with Gasteiger partial charge in [0.1, 0.15) is 35.9 Å². The lowest BCUT2D eigenvalue weighted by Gasteiger charge is -2.47. The SMILES string of the molecule is C[C@H]1CNC2CN3/C=C(/C(=O)NCc4ccc(F)cc4F)COC/C(O)=C\3C(=O)N2C1. The van der Waals surface area contributed by atoms with E-state index >= 15 is 0 Å². The van der Waals surface area contributed by atoms with Gasteiger partial charge >= 0.3 is 0 Å². The van der Waals surface area contributed by atoms with Crippen LogP contribution in [0, 0.1) is 17.6 Å². The molecule has 2 fully saturated rings. The number of carbonyl (C=O) groups excluding carboxylic acids is 2. The van der Waals surface area contributed by atoms with Crippen molar-refractivity contribution >= 4 is 11.8 Å². The van der Waals surface area contributed by atoms with Gasteiger partial charge in [-0.1, -0.05) is 13.0 Å². The number of fused-ring (bicyclic) bond motifs is 2. The van der Waals surface area contributed by atoms with Crippen molar-refractivity contribution in [3.05, 3.63) is 58.6 Å². The number of hydrogen-bond acceptors (Lipinski definition) is 6. The van der Waals surface area contributed by atoms with E-state index in [2.05, 4.69) is 10.6 Å². The van der Waals surface area contributed by atoms with Crippen molar-refractivity contribution in [3.8, 4) is 0 Å².